The average molecular weight is 171 g/mol. The molecule has 0 spiro atoms. The molecule has 0 aromatic heterocycles. The monoisotopic (exact) mass is 171 g/mol. The summed E-state index contributed by atoms with van der Waals surface area (Å²) in [4.78, 5) is 13.0. The molecule has 12 heavy (non-hydrogen) atoms. The molecule has 0 aromatic carbocycles. The summed E-state index contributed by atoms with van der Waals surface area (Å²) in [6.45, 7) is 1.73. The summed E-state index contributed by atoms with van der Waals surface area (Å²) in [5.41, 5.74) is 5.14. The van der Waals surface area contributed by atoms with E-state index < -0.39 is 0 Å². The van der Waals surface area contributed by atoms with Crippen molar-refractivity contribution in [3.05, 3.63) is 0 Å². The van der Waals surface area contributed by atoms with Gasteiger partial charge in [0.15, 0.2) is 0 Å². The maximum Gasteiger partial charge on any atom is 0.233 e. The van der Waals surface area contributed by atoms with Crippen LogP contribution in [0.1, 0.15) is 12.8 Å². The van der Waals surface area contributed by atoms with E-state index in [1.54, 1.807) is 0 Å². The number of carbonyl (C=O) groups excluding carboxylic acids is 1. The first-order chi connectivity index (χ1) is 5.74. The summed E-state index contributed by atoms with van der Waals surface area (Å²) in [5.74, 6) is -0.0702. The third-order valence-corrected chi connectivity index (χ3v) is 2.14. The van der Waals surface area contributed by atoms with Crippen LogP contribution in [0.15, 0.2) is 0 Å². The van der Waals surface area contributed by atoms with Gasteiger partial charge >= 0.3 is 0 Å². The minimum absolute atomic E-state index is 0.0702. The Bertz CT molecular complexity index is 156. The molecule has 0 heterocycles. The first-order valence-electron chi connectivity index (χ1n) is 4.41. The molecule has 1 saturated carbocycles. The van der Waals surface area contributed by atoms with Crippen molar-refractivity contribution in [2.24, 2.45) is 5.73 Å². The number of hydrogen-bond donors (Lipinski definition) is 2. The highest BCUT2D eigenvalue weighted by atomic mass is 16.1. The maximum atomic E-state index is 10.7. The van der Waals surface area contributed by atoms with Crippen molar-refractivity contribution >= 4 is 5.91 Å². The van der Waals surface area contributed by atoms with Gasteiger partial charge in [0.05, 0.1) is 6.54 Å². The molecule has 0 saturated heterocycles. The van der Waals surface area contributed by atoms with Gasteiger partial charge in [-0.2, -0.15) is 0 Å². The van der Waals surface area contributed by atoms with Gasteiger partial charge < -0.3 is 16.0 Å². The van der Waals surface area contributed by atoms with Crippen molar-refractivity contribution in [3.63, 3.8) is 0 Å². The molecule has 0 atom stereocenters. The molecule has 1 amide bonds. The zero-order valence-electron chi connectivity index (χ0n) is 7.55. The lowest BCUT2D eigenvalue weighted by Gasteiger charge is -2.15. The molecule has 1 rings (SSSR count). The van der Waals surface area contributed by atoms with E-state index in [2.05, 4.69) is 17.3 Å². The van der Waals surface area contributed by atoms with Gasteiger partial charge in [-0.05, 0) is 19.9 Å². The molecule has 4 nitrogen and oxygen atoms in total. The highest BCUT2D eigenvalue weighted by Gasteiger charge is 2.25. The van der Waals surface area contributed by atoms with E-state index in [0.717, 1.165) is 12.6 Å². The highest BCUT2D eigenvalue weighted by molar-refractivity contribution is 5.77. The molecule has 0 aliphatic heterocycles. The summed E-state index contributed by atoms with van der Waals surface area (Å²) >= 11 is 0. The Kier molecular flexibility index (Phi) is 3.49. The fourth-order valence-corrected chi connectivity index (χ4v) is 1.14. The van der Waals surface area contributed by atoms with Gasteiger partial charge in [-0.25, -0.2) is 0 Å². The van der Waals surface area contributed by atoms with Crippen LogP contribution in [0.2, 0.25) is 0 Å². The van der Waals surface area contributed by atoms with Crippen LogP contribution in [0.5, 0.6) is 0 Å². The van der Waals surface area contributed by atoms with Crippen LogP contribution in [0.25, 0.3) is 0 Å². The van der Waals surface area contributed by atoms with Crippen molar-refractivity contribution in [1.29, 1.82) is 0 Å². The van der Waals surface area contributed by atoms with Crippen molar-refractivity contribution in [3.8, 4) is 0 Å². The molecule has 4 heteroatoms. The minimum Gasteiger partial charge on any atom is -0.354 e. The van der Waals surface area contributed by atoms with E-state index in [-0.39, 0.29) is 12.5 Å². The van der Waals surface area contributed by atoms with Crippen LogP contribution in [0, 0.1) is 0 Å². The topological polar surface area (TPSA) is 58.4 Å². The summed E-state index contributed by atoms with van der Waals surface area (Å²) in [6.07, 6.45) is 2.61. The Morgan fingerprint density at radius 2 is 2.33 bits per heavy atom. The number of likely N-dealkylation sites (N-methyl/N-ethyl adjacent to an activating group) is 1. The van der Waals surface area contributed by atoms with Gasteiger partial charge in [-0.1, -0.05) is 0 Å². The molecule has 0 radical (unpaired) electrons. The van der Waals surface area contributed by atoms with Crippen molar-refractivity contribution < 1.29 is 4.79 Å². The van der Waals surface area contributed by atoms with Gasteiger partial charge in [-0.3, -0.25) is 4.79 Å². The summed E-state index contributed by atoms with van der Waals surface area (Å²) in [5, 5.41) is 2.74. The average Bonchev–Trinajstić information content (AvgIpc) is 2.86. The third kappa shape index (κ3) is 3.19. The molecule has 0 unspecified atom stereocenters. The Labute approximate surface area is 73.1 Å². The fraction of sp³-hybridized carbons (Fsp3) is 0.875. The van der Waals surface area contributed by atoms with Crippen molar-refractivity contribution in [2.75, 3.05) is 26.7 Å². The molecule has 1 fully saturated rings. The lowest BCUT2D eigenvalue weighted by molar-refractivity contribution is -0.119. The van der Waals surface area contributed by atoms with Gasteiger partial charge in [0.2, 0.25) is 5.91 Å². The van der Waals surface area contributed by atoms with Crippen LogP contribution in [-0.4, -0.2) is 43.5 Å². The van der Waals surface area contributed by atoms with E-state index in [9.17, 15) is 4.79 Å². The summed E-state index contributed by atoms with van der Waals surface area (Å²) < 4.78 is 0. The number of nitrogens with one attached hydrogen (secondary N) is 1. The molecular formula is C8H17N3O. The second-order valence-electron chi connectivity index (χ2n) is 3.27. The van der Waals surface area contributed by atoms with Gasteiger partial charge in [0, 0.05) is 19.1 Å². The van der Waals surface area contributed by atoms with Crippen molar-refractivity contribution in [2.45, 2.75) is 18.9 Å². The second-order valence-corrected chi connectivity index (χ2v) is 3.27. The maximum absolute atomic E-state index is 10.7. The van der Waals surface area contributed by atoms with Crippen LogP contribution in [-0.2, 0) is 4.79 Å². The standard InChI is InChI=1S/C8H17N3O/c1-11(7-2-3-7)5-4-10-8(12)6-9/h7H,2-6,9H2,1H3,(H,10,12). The zero-order valence-corrected chi connectivity index (χ0v) is 7.55. The number of nitrogens with zero attached hydrogens (tertiary/aromatic N) is 1. The number of rotatable bonds is 5. The number of carbonyl (C=O) groups is 1. The normalized spacial score (nSPS) is 16.6. The summed E-state index contributed by atoms with van der Waals surface area (Å²) in [6, 6.07) is 0.764. The zero-order chi connectivity index (χ0) is 8.97. The van der Waals surface area contributed by atoms with Crippen LogP contribution in [0.4, 0.5) is 0 Å². The largest absolute Gasteiger partial charge is 0.354 e. The minimum atomic E-state index is -0.0702. The summed E-state index contributed by atoms with van der Waals surface area (Å²) in [7, 11) is 2.09. The van der Waals surface area contributed by atoms with E-state index in [4.69, 9.17) is 5.73 Å². The molecule has 3 N–H and O–H groups in total. The first-order valence-corrected chi connectivity index (χ1v) is 4.41. The molecule has 1 aliphatic carbocycles. The quantitative estimate of drug-likeness (QED) is 0.567. The Morgan fingerprint density at radius 1 is 1.67 bits per heavy atom. The predicted octanol–water partition coefficient (Wildman–Crippen LogP) is -0.844. The number of hydrogen-bond acceptors (Lipinski definition) is 3. The van der Waals surface area contributed by atoms with Gasteiger partial charge in [0.25, 0.3) is 0 Å². The second kappa shape index (κ2) is 4.42. The molecule has 0 bridgehead atoms. The van der Waals surface area contributed by atoms with Crippen LogP contribution < -0.4 is 11.1 Å². The van der Waals surface area contributed by atoms with Crippen LogP contribution >= 0.6 is 0 Å². The smallest absolute Gasteiger partial charge is 0.233 e. The number of amides is 1. The Balaban J connectivity index is 1.97. The molecule has 0 aromatic rings. The van der Waals surface area contributed by atoms with Crippen LogP contribution in [0.3, 0.4) is 0 Å². The molecule has 1 aliphatic rings. The lowest BCUT2D eigenvalue weighted by Crippen LogP contribution is -2.36. The number of nitrogens with two attached hydrogens (primary N) is 1. The van der Waals surface area contributed by atoms with Gasteiger partial charge in [0.1, 0.15) is 0 Å². The van der Waals surface area contributed by atoms with E-state index in [1.165, 1.54) is 12.8 Å². The van der Waals surface area contributed by atoms with E-state index in [0.29, 0.717) is 6.54 Å². The lowest BCUT2D eigenvalue weighted by atomic mass is 10.5. The van der Waals surface area contributed by atoms with Gasteiger partial charge in [-0.15, -0.1) is 0 Å². The fourth-order valence-electron chi connectivity index (χ4n) is 1.14. The molecule has 70 valence electrons. The molecular weight excluding hydrogens is 154 g/mol. The Morgan fingerprint density at radius 3 is 2.83 bits per heavy atom. The third-order valence-electron chi connectivity index (χ3n) is 2.14. The van der Waals surface area contributed by atoms with E-state index in [1.807, 2.05) is 0 Å². The highest BCUT2D eigenvalue weighted by Crippen LogP contribution is 2.24. The Hall–Kier alpha value is -0.610. The SMILES string of the molecule is CN(CCNC(=O)CN)C1CC1. The van der Waals surface area contributed by atoms with Crippen molar-refractivity contribution in [1.82, 2.24) is 10.2 Å². The predicted molar refractivity (Wildman–Crippen MR) is 47.7 cm³/mol. The van der Waals surface area contributed by atoms with E-state index >= 15 is 0 Å². The first kappa shape index (κ1) is 9.48.